The Labute approximate surface area is 176 Å². The lowest BCUT2D eigenvalue weighted by molar-refractivity contribution is -0.142. The zero-order valence-corrected chi connectivity index (χ0v) is 16.6. The first-order chi connectivity index (χ1) is 14.2. The lowest BCUT2D eigenvalue weighted by atomic mass is 10.1. The van der Waals surface area contributed by atoms with Gasteiger partial charge in [0.05, 0.1) is 11.9 Å². The number of fused-ring (bicyclic) bond motifs is 1. The molecule has 0 saturated heterocycles. The van der Waals surface area contributed by atoms with Gasteiger partial charge in [-0.25, -0.2) is 9.50 Å². The molecule has 0 aliphatic carbocycles. The maximum absolute atomic E-state index is 13.7. The first-order valence-electron chi connectivity index (χ1n) is 8.55. The average Bonchev–Trinajstić information content (AvgIpc) is 3.11. The number of nitrogens with one attached hydrogen (secondary N) is 1. The molecule has 152 valence electrons. The highest BCUT2D eigenvalue weighted by atomic mass is 79.9. The van der Waals surface area contributed by atoms with Crippen molar-refractivity contribution in [2.45, 2.75) is 6.18 Å². The fourth-order valence-electron chi connectivity index (χ4n) is 2.88. The Hall–Kier alpha value is -3.40. The second-order valence-corrected chi connectivity index (χ2v) is 7.25. The topological polar surface area (TPSA) is 79.5 Å². The standard InChI is InChI=1S/C20H12BrF3N4O2/c21-12-6-4-11(5-7-12)16-9-17(20(22,23)24)28-18(27-16)15(10-25-28)19(30)26-13-2-1-3-14(29)8-13/h1-10,29H,(H,26,30). The van der Waals surface area contributed by atoms with Crippen molar-refractivity contribution in [2.24, 2.45) is 0 Å². The first kappa shape index (κ1) is 19.9. The molecule has 1 amide bonds. The van der Waals surface area contributed by atoms with Crippen molar-refractivity contribution in [2.75, 3.05) is 5.32 Å². The minimum absolute atomic E-state index is 0.0502. The van der Waals surface area contributed by atoms with E-state index in [1.807, 2.05) is 0 Å². The third-order valence-corrected chi connectivity index (χ3v) is 4.78. The molecule has 0 radical (unpaired) electrons. The van der Waals surface area contributed by atoms with E-state index in [4.69, 9.17) is 0 Å². The number of anilines is 1. The fraction of sp³-hybridized carbons (Fsp3) is 0.0500. The molecule has 2 N–H and O–H groups in total. The SMILES string of the molecule is O=C(Nc1cccc(O)c1)c1cnn2c(C(F)(F)F)cc(-c3ccc(Br)cc3)nc12. The van der Waals surface area contributed by atoms with Crippen LogP contribution in [0.5, 0.6) is 5.75 Å². The van der Waals surface area contributed by atoms with Crippen LogP contribution in [0.25, 0.3) is 16.9 Å². The number of amides is 1. The molecule has 2 aromatic carbocycles. The number of phenols is 1. The number of nitrogens with zero attached hydrogens (tertiary/aromatic N) is 3. The zero-order valence-electron chi connectivity index (χ0n) is 15.0. The highest BCUT2D eigenvalue weighted by Gasteiger charge is 2.36. The van der Waals surface area contributed by atoms with Gasteiger partial charge in [0, 0.05) is 21.8 Å². The van der Waals surface area contributed by atoms with Crippen molar-refractivity contribution < 1.29 is 23.1 Å². The number of hydrogen-bond donors (Lipinski definition) is 2. The van der Waals surface area contributed by atoms with Crippen molar-refractivity contribution in [1.82, 2.24) is 14.6 Å². The van der Waals surface area contributed by atoms with E-state index in [1.165, 1.54) is 24.3 Å². The highest BCUT2D eigenvalue weighted by molar-refractivity contribution is 9.10. The minimum atomic E-state index is -4.71. The van der Waals surface area contributed by atoms with Crippen LogP contribution in [-0.2, 0) is 6.18 Å². The number of phenolic OH excluding ortho intramolecular Hbond substituents is 1. The van der Waals surface area contributed by atoms with E-state index in [9.17, 15) is 23.1 Å². The molecule has 2 heterocycles. The molecule has 0 atom stereocenters. The van der Waals surface area contributed by atoms with Crippen LogP contribution in [0.1, 0.15) is 16.1 Å². The molecule has 30 heavy (non-hydrogen) atoms. The van der Waals surface area contributed by atoms with E-state index in [-0.39, 0.29) is 28.3 Å². The van der Waals surface area contributed by atoms with Gasteiger partial charge < -0.3 is 10.4 Å². The van der Waals surface area contributed by atoms with E-state index in [1.54, 1.807) is 24.3 Å². The number of benzene rings is 2. The smallest absolute Gasteiger partial charge is 0.433 e. The second-order valence-electron chi connectivity index (χ2n) is 6.33. The molecular formula is C20H12BrF3N4O2. The van der Waals surface area contributed by atoms with Gasteiger partial charge in [0.15, 0.2) is 11.3 Å². The monoisotopic (exact) mass is 476 g/mol. The van der Waals surface area contributed by atoms with Crippen molar-refractivity contribution in [3.8, 4) is 17.0 Å². The molecular weight excluding hydrogens is 465 g/mol. The maximum atomic E-state index is 13.7. The molecule has 0 unspecified atom stereocenters. The van der Waals surface area contributed by atoms with Crippen molar-refractivity contribution in [3.63, 3.8) is 0 Å². The lowest BCUT2D eigenvalue weighted by Crippen LogP contribution is -2.15. The average molecular weight is 477 g/mol. The molecule has 4 rings (SSSR count). The molecule has 6 nitrogen and oxygen atoms in total. The quantitative estimate of drug-likeness (QED) is 0.429. The number of aromatic hydroxyl groups is 1. The van der Waals surface area contributed by atoms with Crippen LogP contribution >= 0.6 is 15.9 Å². The van der Waals surface area contributed by atoms with Gasteiger partial charge in [-0.3, -0.25) is 4.79 Å². The van der Waals surface area contributed by atoms with Crippen LogP contribution in [0.3, 0.4) is 0 Å². The number of carbonyl (C=O) groups is 1. The lowest BCUT2D eigenvalue weighted by Gasteiger charge is -2.12. The molecule has 0 aliphatic heterocycles. The molecule has 0 saturated carbocycles. The van der Waals surface area contributed by atoms with Gasteiger partial charge in [-0.15, -0.1) is 0 Å². The molecule has 4 aromatic rings. The fourth-order valence-corrected chi connectivity index (χ4v) is 3.14. The third-order valence-electron chi connectivity index (χ3n) is 4.25. The van der Waals surface area contributed by atoms with Crippen molar-refractivity contribution in [3.05, 3.63) is 76.5 Å². The van der Waals surface area contributed by atoms with E-state index in [2.05, 4.69) is 31.3 Å². The van der Waals surface area contributed by atoms with Crippen LogP contribution in [0.4, 0.5) is 18.9 Å². The largest absolute Gasteiger partial charge is 0.508 e. The van der Waals surface area contributed by atoms with Crippen LogP contribution in [0, 0.1) is 0 Å². The number of halogens is 4. The number of aromatic nitrogens is 3. The summed E-state index contributed by atoms with van der Waals surface area (Å²) in [6.07, 6.45) is -3.68. The third kappa shape index (κ3) is 3.86. The van der Waals surface area contributed by atoms with Crippen LogP contribution in [0.2, 0.25) is 0 Å². The summed E-state index contributed by atoms with van der Waals surface area (Å²) < 4.78 is 42.3. The van der Waals surface area contributed by atoms with Crippen LogP contribution < -0.4 is 5.32 Å². The second kappa shape index (κ2) is 7.45. The Balaban J connectivity index is 1.84. The molecule has 10 heteroatoms. The highest BCUT2D eigenvalue weighted by Crippen LogP contribution is 2.33. The summed E-state index contributed by atoms with van der Waals surface area (Å²) in [5.41, 5.74) is -0.648. The van der Waals surface area contributed by atoms with E-state index < -0.39 is 17.8 Å². The summed E-state index contributed by atoms with van der Waals surface area (Å²) >= 11 is 3.28. The summed E-state index contributed by atoms with van der Waals surface area (Å²) in [6, 6.07) is 13.3. The molecule has 0 aliphatic rings. The Morgan fingerprint density at radius 3 is 2.50 bits per heavy atom. The van der Waals surface area contributed by atoms with E-state index >= 15 is 0 Å². The zero-order chi connectivity index (χ0) is 21.5. The normalized spacial score (nSPS) is 11.6. The van der Waals surface area contributed by atoms with Gasteiger partial charge in [-0.1, -0.05) is 34.1 Å². The predicted molar refractivity (Wildman–Crippen MR) is 107 cm³/mol. The Morgan fingerprint density at radius 2 is 1.83 bits per heavy atom. The predicted octanol–water partition coefficient (Wildman–Crippen LogP) is 5.14. The van der Waals surface area contributed by atoms with Crippen molar-refractivity contribution in [1.29, 1.82) is 0 Å². The summed E-state index contributed by atoms with van der Waals surface area (Å²) in [6.45, 7) is 0. The van der Waals surface area contributed by atoms with E-state index in [0.717, 1.165) is 16.7 Å². The minimum Gasteiger partial charge on any atom is -0.508 e. The molecule has 0 fully saturated rings. The maximum Gasteiger partial charge on any atom is 0.433 e. The van der Waals surface area contributed by atoms with Gasteiger partial charge in [0.2, 0.25) is 0 Å². The summed E-state index contributed by atoms with van der Waals surface area (Å²) in [5, 5.41) is 15.8. The molecule has 0 bridgehead atoms. The van der Waals surface area contributed by atoms with Gasteiger partial charge in [-0.05, 0) is 30.3 Å². The van der Waals surface area contributed by atoms with Gasteiger partial charge in [-0.2, -0.15) is 18.3 Å². The molecule has 2 aromatic heterocycles. The van der Waals surface area contributed by atoms with Crippen molar-refractivity contribution >= 4 is 33.2 Å². The summed E-state index contributed by atoms with van der Waals surface area (Å²) in [4.78, 5) is 16.9. The number of carbonyl (C=O) groups excluding carboxylic acids is 1. The van der Waals surface area contributed by atoms with E-state index in [0.29, 0.717) is 10.1 Å². The number of alkyl halides is 3. The van der Waals surface area contributed by atoms with Crippen LogP contribution in [0.15, 0.2) is 65.3 Å². The van der Waals surface area contributed by atoms with Gasteiger partial charge in [0.1, 0.15) is 11.3 Å². The summed E-state index contributed by atoms with van der Waals surface area (Å²) in [7, 11) is 0. The number of hydrogen-bond acceptors (Lipinski definition) is 4. The van der Waals surface area contributed by atoms with Gasteiger partial charge in [0.25, 0.3) is 5.91 Å². The molecule has 0 spiro atoms. The Morgan fingerprint density at radius 1 is 1.10 bits per heavy atom. The van der Waals surface area contributed by atoms with Gasteiger partial charge >= 0.3 is 6.18 Å². The first-order valence-corrected chi connectivity index (χ1v) is 9.34. The van der Waals surface area contributed by atoms with Crippen LogP contribution in [-0.4, -0.2) is 25.6 Å². The summed E-state index contributed by atoms with van der Waals surface area (Å²) in [5.74, 6) is -0.771. The number of rotatable bonds is 3. The Bertz CT molecular complexity index is 1250. The Kier molecular flexibility index (Phi) is 4.94.